The largest absolute Gasteiger partial charge is 0.463 e. The first-order valence-electron chi connectivity index (χ1n) is 30.1. The summed E-state index contributed by atoms with van der Waals surface area (Å²) in [5.74, 6) is -8.99. The molecule has 0 aliphatic carbocycles. The molecule has 492 valence electrons. The number of hydrogen-bond donors (Lipinski definition) is 2. The number of imide groups is 1. The molecule has 0 aromatic heterocycles. The Morgan fingerprint density at radius 3 is 1.07 bits per heavy atom. The van der Waals surface area contributed by atoms with Crippen LogP contribution in [0, 0.1) is 47.3 Å². The normalized spacial score (nSPS) is 38.2. The van der Waals surface area contributed by atoms with Crippen LogP contribution >= 0.6 is 0 Å². The summed E-state index contributed by atoms with van der Waals surface area (Å²) in [6, 6.07) is 3.82. The number of fused-ring (bicyclic) bond motifs is 1. The van der Waals surface area contributed by atoms with E-state index in [1.165, 1.54) is 55.6 Å². The number of benzene rings is 1. The van der Waals surface area contributed by atoms with E-state index < -0.39 is 194 Å². The summed E-state index contributed by atoms with van der Waals surface area (Å²) in [4.78, 5) is 117. The molecule has 27 nitrogen and oxygen atoms in total. The average Bonchev–Trinajstić information content (AvgIpc) is 1.48. The van der Waals surface area contributed by atoms with E-state index in [0.29, 0.717) is 0 Å². The van der Waals surface area contributed by atoms with Crippen LogP contribution in [0.2, 0.25) is 0 Å². The highest BCUT2D eigenvalue weighted by Gasteiger charge is 2.57. The SMILES string of the molecule is CO[C@H]1OC(COC(C)=O)[C@H](OC2OC(COC(C)=O)C(O[C@H]3OC(COC(C)=O)[C@H](OC4OC(COC(C)=O)C(O[C@@H]5O[C@@H](COC(C)=O)C(C)C(C)C5N5C(=O)c6ccccc6C5=O)[C@H](C)[C@@H]4C)C(C)[C@H]3NC(C)=O)[C@H](C)[C@@H]2C)C(C)[C@H]1NC(C)=O. The third kappa shape index (κ3) is 16.2. The predicted octanol–water partition coefficient (Wildman–Crippen LogP) is 3.38. The van der Waals surface area contributed by atoms with Crippen molar-refractivity contribution in [2.75, 3.05) is 40.1 Å². The second-order valence-corrected chi connectivity index (χ2v) is 24.2. The number of rotatable bonds is 22. The van der Waals surface area contributed by atoms with Crippen molar-refractivity contribution in [1.82, 2.24) is 15.5 Å². The number of carbonyl (C=O) groups excluding carboxylic acids is 9. The molecule has 0 bridgehead atoms. The molecule has 5 saturated heterocycles. The molecule has 6 heterocycles. The Kier molecular flexibility index (Phi) is 24.1. The van der Waals surface area contributed by atoms with E-state index in [2.05, 4.69) is 10.6 Å². The lowest BCUT2D eigenvalue weighted by Crippen LogP contribution is -2.66. The second kappa shape index (κ2) is 30.4. The highest BCUT2D eigenvalue weighted by molar-refractivity contribution is 6.21. The topological polar surface area (TPSA) is 319 Å². The second-order valence-electron chi connectivity index (χ2n) is 24.2. The van der Waals surface area contributed by atoms with Crippen LogP contribution in [0.5, 0.6) is 0 Å². The summed E-state index contributed by atoms with van der Waals surface area (Å²) in [5, 5.41) is 5.86. The molecule has 5 fully saturated rings. The zero-order valence-corrected chi connectivity index (χ0v) is 53.0. The number of ether oxygens (including phenoxy) is 15. The van der Waals surface area contributed by atoms with Crippen molar-refractivity contribution in [3.8, 4) is 0 Å². The zero-order valence-electron chi connectivity index (χ0n) is 53.0. The Morgan fingerprint density at radius 2 is 0.705 bits per heavy atom. The van der Waals surface area contributed by atoms with Crippen LogP contribution in [0.3, 0.4) is 0 Å². The number of nitrogens with one attached hydrogen (secondary N) is 2. The summed E-state index contributed by atoms with van der Waals surface area (Å²) in [6.45, 7) is 22.4. The molecule has 0 saturated carbocycles. The van der Waals surface area contributed by atoms with Gasteiger partial charge >= 0.3 is 29.8 Å². The minimum Gasteiger partial charge on any atom is -0.463 e. The fraction of sp³-hybridized carbons (Fsp3) is 0.754. The molecule has 27 heteroatoms. The molecule has 2 N–H and O–H groups in total. The van der Waals surface area contributed by atoms with Gasteiger partial charge in [0.15, 0.2) is 31.5 Å². The van der Waals surface area contributed by atoms with E-state index in [-0.39, 0.29) is 56.0 Å². The van der Waals surface area contributed by atoms with Gasteiger partial charge in [-0.1, -0.05) is 67.5 Å². The molecule has 6 aliphatic heterocycles. The number of esters is 5. The summed E-state index contributed by atoms with van der Waals surface area (Å²) in [6.07, 6.45) is -14.4. The van der Waals surface area contributed by atoms with Gasteiger partial charge in [0, 0.05) is 79.2 Å². The van der Waals surface area contributed by atoms with Gasteiger partial charge in [-0.15, -0.1) is 0 Å². The van der Waals surface area contributed by atoms with E-state index in [4.69, 9.17) is 71.1 Å². The summed E-state index contributed by atoms with van der Waals surface area (Å²) in [7, 11) is 1.43. The van der Waals surface area contributed by atoms with Crippen molar-refractivity contribution >= 4 is 53.5 Å². The maximum atomic E-state index is 14.2. The van der Waals surface area contributed by atoms with E-state index in [1.807, 2.05) is 48.5 Å². The Labute approximate surface area is 512 Å². The summed E-state index contributed by atoms with van der Waals surface area (Å²) in [5.41, 5.74) is 0.448. The molecular weight excluding hydrogens is 1160 g/mol. The van der Waals surface area contributed by atoms with Crippen LogP contribution in [0.4, 0.5) is 0 Å². The van der Waals surface area contributed by atoms with Gasteiger partial charge in [0.25, 0.3) is 11.8 Å². The molecule has 6 aliphatic rings. The molecule has 1 aromatic rings. The van der Waals surface area contributed by atoms with Crippen LogP contribution in [-0.2, 0) is 105 Å². The van der Waals surface area contributed by atoms with Crippen LogP contribution in [0.25, 0.3) is 0 Å². The monoisotopic (exact) mass is 1250 g/mol. The maximum absolute atomic E-state index is 14.2. The highest BCUT2D eigenvalue weighted by Crippen LogP contribution is 2.45. The first kappa shape index (κ1) is 69.7. The molecule has 0 spiro atoms. The van der Waals surface area contributed by atoms with Gasteiger partial charge in [-0.3, -0.25) is 48.1 Å². The van der Waals surface area contributed by atoms with Crippen LogP contribution in [0.1, 0.15) is 125 Å². The van der Waals surface area contributed by atoms with E-state index in [9.17, 15) is 43.2 Å². The Bertz CT molecular complexity index is 2620. The lowest BCUT2D eigenvalue weighted by Gasteiger charge is -2.52. The smallest absolute Gasteiger partial charge is 0.302 e. The number of amides is 4. The van der Waals surface area contributed by atoms with Gasteiger partial charge in [0.1, 0.15) is 57.5 Å². The van der Waals surface area contributed by atoms with E-state index in [0.717, 1.165) is 4.90 Å². The first-order valence-corrected chi connectivity index (χ1v) is 30.1. The summed E-state index contributed by atoms with van der Waals surface area (Å²) >= 11 is 0. The maximum Gasteiger partial charge on any atom is 0.302 e. The molecule has 13 unspecified atom stereocenters. The average molecular weight is 1250 g/mol. The van der Waals surface area contributed by atoms with Crippen LogP contribution in [-0.4, -0.2) is 203 Å². The number of carbonyl (C=O) groups is 9. The van der Waals surface area contributed by atoms with Crippen molar-refractivity contribution in [1.29, 1.82) is 0 Å². The third-order valence-corrected chi connectivity index (χ3v) is 18.1. The van der Waals surface area contributed by atoms with E-state index >= 15 is 0 Å². The third-order valence-electron chi connectivity index (χ3n) is 18.1. The Morgan fingerprint density at radius 1 is 0.398 bits per heavy atom. The molecule has 7 rings (SSSR count). The molecular formula is C61H89N3O24. The molecule has 1 aromatic carbocycles. The van der Waals surface area contributed by atoms with Crippen molar-refractivity contribution in [3.63, 3.8) is 0 Å². The first-order chi connectivity index (χ1) is 41.5. The molecule has 4 amide bonds. The summed E-state index contributed by atoms with van der Waals surface area (Å²) < 4.78 is 94.1. The zero-order chi connectivity index (χ0) is 64.7. The van der Waals surface area contributed by atoms with Crippen LogP contribution in [0.15, 0.2) is 24.3 Å². The quantitative estimate of drug-likeness (QED) is 0.0955. The van der Waals surface area contributed by atoms with Gasteiger partial charge in [-0.25, -0.2) is 0 Å². The van der Waals surface area contributed by atoms with Gasteiger partial charge in [-0.05, 0) is 35.8 Å². The lowest BCUT2D eigenvalue weighted by atomic mass is 9.80. The van der Waals surface area contributed by atoms with Gasteiger partial charge in [0.2, 0.25) is 11.8 Å². The van der Waals surface area contributed by atoms with Gasteiger partial charge < -0.3 is 81.7 Å². The Hall–Kier alpha value is -5.75. The minimum atomic E-state index is -1.31. The lowest BCUT2D eigenvalue weighted by molar-refractivity contribution is -0.363. The molecule has 0 radical (unpaired) electrons. The van der Waals surface area contributed by atoms with Crippen LogP contribution < -0.4 is 10.6 Å². The van der Waals surface area contributed by atoms with Gasteiger partial charge in [0.05, 0.1) is 59.8 Å². The minimum absolute atomic E-state index is 0.148. The fourth-order valence-corrected chi connectivity index (χ4v) is 12.7. The Balaban J connectivity index is 1.16. The van der Waals surface area contributed by atoms with E-state index in [1.54, 1.807) is 31.2 Å². The number of nitrogens with zero attached hydrogens (tertiary/aromatic N) is 1. The van der Waals surface area contributed by atoms with Crippen molar-refractivity contribution < 1.29 is 114 Å². The molecule has 25 atom stereocenters. The predicted molar refractivity (Wildman–Crippen MR) is 302 cm³/mol. The van der Waals surface area contributed by atoms with Gasteiger partial charge in [-0.2, -0.15) is 0 Å². The fourth-order valence-electron chi connectivity index (χ4n) is 12.7. The standard InChI is InChI=1S/C61H89N3O24/c1-26-27(2)50(64-55(72)41-19-17-18-20-42(41)56(64)73)61(80-43(26)21-75-36(11)67)88-52-29(4)31(6)58(82-45(52)23-77-38(13)69)86-54-33(8)49(63-35(10)66)60(84-47(54)25-79-40(15)71)87-51-28(3)30(5)57(81-44(51)22-76-37(12)68)85-53-32(7)48(62-34(9)65)59(74-16)83-46(53)24-78-39(14)70/h17-20,26-33,43-54,57-61H,21-25H2,1-16H3,(H,62,65)(H,63,66)/t26?,27?,28-,29-,30+,31+,32?,33?,43+,44?,45?,46?,47?,48-,49-,50?,51?,52?,53-,54-,57?,58?,59+,60-,61+/m1/s1. The van der Waals surface area contributed by atoms with Crippen molar-refractivity contribution in [2.24, 2.45) is 47.3 Å². The number of methoxy groups -OCH3 is 1. The highest BCUT2D eigenvalue weighted by atomic mass is 16.8. The van der Waals surface area contributed by atoms with Crippen molar-refractivity contribution in [3.05, 3.63) is 35.4 Å². The van der Waals surface area contributed by atoms with Crippen molar-refractivity contribution in [2.45, 2.75) is 208 Å². The number of hydrogen-bond acceptors (Lipinski definition) is 24. The molecule has 88 heavy (non-hydrogen) atoms.